The standard InChI is InChI=1S/C8H17N3O2/c1-2-10-8(13)4-6-11-7(12)3-5-9/h2-6,9H2,1H3,(H,10,13)(H,11,12). The van der Waals surface area contributed by atoms with Crippen molar-refractivity contribution < 1.29 is 9.59 Å². The van der Waals surface area contributed by atoms with Gasteiger partial charge in [-0.25, -0.2) is 0 Å². The van der Waals surface area contributed by atoms with E-state index in [4.69, 9.17) is 5.73 Å². The summed E-state index contributed by atoms with van der Waals surface area (Å²) in [6, 6.07) is 0. The Kier molecular flexibility index (Phi) is 6.91. The van der Waals surface area contributed by atoms with Crippen molar-refractivity contribution in [1.29, 1.82) is 0 Å². The molecule has 4 N–H and O–H groups in total. The number of nitrogens with two attached hydrogens (primary N) is 1. The molecule has 0 atom stereocenters. The van der Waals surface area contributed by atoms with Gasteiger partial charge in [0.1, 0.15) is 0 Å². The smallest absolute Gasteiger partial charge is 0.221 e. The molecule has 0 saturated carbocycles. The highest BCUT2D eigenvalue weighted by Crippen LogP contribution is 1.79. The molecule has 76 valence electrons. The average Bonchev–Trinajstić information content (AvgIpc) is 2.05. The molecule has 0 aromatic rings. The molecule has 0 fully saturated rings. The van der Waals surface area contributed by atoms with Crippen molar-refractivity contribution in [3.63, 3.8) is 0 Å². The summed E-state index contributed by atoms with van der Waals surface area (Å²) in [6.45, 7) is 3.19. The van der Waals surface area contributed by atoms with Crippen molar-refractivity contribution in [1.82, 2.24) is 10.6 Å². The van der Waals surface area contributed by atoms with Gasteiger partial charge in [0.2, 0.25) is 11.8 Å². The van der Waals surface area contributed by atoms with Crippen molar-refractivity contribution in [2.24, 2.45) is 5.73 Å². The zero-order chi connectivity index (χ0) is 10.1. The van der Waals surface area contributed by atoms with Gasteiger partial charge >= 0.3 is 0 Å². The van der Waals surface area contributed by atoms with Gasteiger partial charge in [0, 0.05) is 32.5 Å². The van der Waals surface area contributed by atoms with Crippen molar-refractivity contribution in [2.45, 2.75) is 19.8 Å². The maximum atomic E-state index is 10.9. The number of nitrogens with one attached hydrogen (secondary N) is 2. The summed E-state index contributed by atoms with van der Waals surface area (Å²) < 4.78 is 0. The van der Waals surface area contributed by atoms with Crippen LogP contribution in [0.4, 0.5) is 0 Å². The molecule has 0 rings (SSSR count). The fourth-order valence-electron chi connectivity index (χ4n) is 0.820. The zero-order valence-electron chi connectivity index (χ0n) is 7.93. The minimum atomic E-state index is -0.105. The Morgan fingerprint density at radius 1 is 1.15 bits per heavy atom. The van der Waals surface area contributed by atoms with E-state index in [-0.39, 0.29) is 11.8 Å². The molecule has 0 heterocycles. The van der Waals surface area contributed by atoms with E-state index in [2.05, 4.69) is 10.6 Å². The van der Waals surface area contributed by atoms with Crippen LogP contribution in [0.3, 0.4) is 0 Å². The lowest BCUT2D eigenvalue weighted by molar-refractivity contribution is -0.122. The summed E-state index contributed by atoms with van der Waals surface area (Å²) >= 11 is 0. The molecule has 0 spiro atoms. The minimum absolute atomic E-state index is 0.0458. The molecular formula is C8H17N3O2. The highest BCUT2D eigenvalue weighted by Gasteiger charge is 2.01. The molecule has 0 aliphatic rings. The van der Waals surface area contributed by atoms with Crippen molar-refractivity contribution in [3.8, 4) is 0 Å². The van der Waals surface area contributed by atoms with E-state index in [9.17, 15) is 9.59 Å². The molecule has 13 heavy (non-hydrogen) atoms. The first-order chi connectivity index (χ1) is 6.20. The number of carbonyl (C=O) groups excluding carboxylic acids is 2. The molecule has 0 aromatic heterocycles. The van der Waals surface area contributed by atoms with Gasteiger partial charge in [-0.15, -0.1) is 0 Å². The Morgan fingerprint density at radius 3 is 2.31 bits per heavy atom. The Labute approximate surface area is 78.1 Å². The Morgan fingerprint density at radius 2 is 1.77 bits per heavy atom. The summed E-state index contributed by atoms with van der Waals surface area (Å²) in [6.07, 6.45) is 0.638. The van der Waals surface area contributed by atoms with Crippen molar-refractivity contribution >= 4 is 11.8 Å². The zero-order valence-corrected chi connectivity index (χ0v) is 7.93. The predicted octanol–water partition coefficient (Wildman–Crippen LogP) is -1.02. The van der Waals surface area contributed by atoms with Crippen molar-refractivity contribution in [3.05, 3.63) is 0 Å². The second kappa shape index (κ2) is 7.54. The highest BCUT2D eigenvalue weighted by atomic mass is 16.2. The molecule has 0 aliphatic heterocycles. The van der Waals surface area contributed by atoms with Crippen LogP contribution in [0, 0.1) is 0 Å². The second-order valence-electron chi connectivity index (χ2n) is 2.59. The highest BCUT2D eigenvalue weighted by molar-refractivity contribution is 5.78. The van der Waals surface area contributed by atoms with Crippen LogP contribution >= 0.6 is 0 Å². The predicted molar refractivity (Wildman–Crippen MR) is 50.0 cm³/mol. The third-order valence-electron chi connectivity index (χ3n) is 1.42. The van der Waals surface area contributed by atoms with Gasteiger partial charge in [-0.2, -0.15) is 0 Å². The van der Waals surface area contributed by atoms with Crippen LogP contribution in [-0.4, -0.2) is 31.4 Å². The third-order valence-corrected chi connectivity index (χ3v) is 1.42. The molecular weight excluding hydrogens is 170 g/mol. The fraction of sp³-hybridized carbons (Fsp3) is 0.750. The molecule has 5 heteroatoms. The van der Waals surface area contributed by atoms with E-state index in [1.165, 1.54) is 0 Å². The molecule has 2 amide bonds. The van der Waals surface area contributed by atoms with E-state index >= 15 is 0 Å². The topological polar surface area (TPSA) is 84.2 Å². The van der Waals surface area contributed by atoms with Gasteiger partial charge in [0.15, 0.2) is 0 Å². The van der Waals surface area contributed by atoms with Crippen LogP contribution in [0.1, 0.15) is 19.8 Å². The van der Waals surface area contributed by atoms with E-state index in [1.54, 1.807) is 0 Å². The summed E-state index contributed by atoms with van der Waals surface area (Å²) in [5.41, 5.74) is 5.17. The largest absolute Gasteiger partial charge is 0.356 e. The Balaban J connectivity index is 3.33. The van der Waals surface area contributed by atoms with Gasteiger partial charge in [0.25, 0.3) is 0 Å². The summed E-state index contributed by atoms with van der Waals surface area (Å²) in [5, 5.41) is 5.23. The number of amides is 2. The van der Waals surface area contributed by atoms with Crippen LogP contribution in [0.5, 0.6) is 0 Å². The fourth-order valence-corrected chi connectivity index (χ4v) is 0.820. The number of carbonyl (C=O) groups is 2. The molecule has 0 aromatic carbocycles. The monoisotopic (exact) mass is 187 g/mol. The van der Waals surface area contributed by atoms with Crippen LogP contribution < -0.4 is 16.4 Å². The first-order valence-electron chi connectivity index (χ1n) is 4.44. The molecule has 0 aliphatic carbocycles. The second-order valence-corrected chi connectivity index (χ2v) is 2.59. The van der Waals surface area contributed by atoms with E-state index in [0.29, 0.717) is 32.5 Å². The average molecular weight is 187 g/mol. The Hall–Kier alpha value is -1.10. The van der Waals surface area contributed by atoms with Crippen LogP contribution in [0.2, 0.25) is 0 Å². The normalized spacial score (nSPS) is 9.38. The van der Waals surface area contributed by atoms with Crippen LogP contribution in [0.15, 0.2) is 0 Å². The lowest BCUT2D eigenvalue weighted by atomic mass is 10.3. The van der Waals surface area contributed by atoms with Gasteiger partial charge in [-0.1, -0.05) is 0 Å². The number of rotatable bonds is 6. The maximum absolute atomic E-state index is 10.9. The Bertz CT molecular complexity index is 153. The molecule has 0 saturated heterocycles. The summed E-state index contributed by atoms with van der Waals surface area (Å²) in [5.74, 6) is -0.151. The molecule has 5 nitrogen and oxygen atoms in total. The van der Waals surface area contributed by atoms with Gasteiger partial charge in [-0.05, 0) is 6.92 Å². The number of hydrogen-bond acceptors (Lipinski definition) is 3. The molecule has 0 unspecified atom stereocenters. The molecule has 0 radical (unpaired) electrons. The van der Waals surface area contributed by atoms with E-state index in [0.717, 1.165) is 0 Å². The van der Waals surface area contributed by atoms with Crippen LogP contribution in [0.25, 0.3) is 0 Å². The number of hydrogen-bond donors (Lipinski definition) is 3. The third kappa shape index (κ3) is 7.27. The summed E-state index contributed by atoms with van der Waals surface area (Å²) in [4.78, 5) is 21.8. The lowest BCUT2D eigenvalue weighted by Crippen LogP contribution is -2.31. The quantitative estimate of drug-likeness (QED) is 0.497. The lowest BCUT2D eigenvalue weighted by Gasteiger charge is -2.03. The van der Waals surface area contributed by atoms with Gasteiger partial charge < -0.3 is 16.4 Å². The minimum Gasteiger partial charge on any atom is -0.356 e. The van der Waals surface area contributed by atoms with E-state index < -0.39 is 0 Å². The van der Waals surface area contributed by atoms with Crippen molar-refractivity contribution in [2.75, 3.05) is 19.6 Å². The van der Waals surface area contributed by atoms with Crippen LogP contribution in [-0.2, 0) is 9.59 Å². The van der Waals surface area contributed by atoms with Gasteiger partial charge in [0.05, 0.1) is 0 Å². The summed E-state index contributed by atoms with van der Waals surface area (Å²) in [7, 11) is 0. The van der Waals surface area contributed by atoms with Gasteiger partial charge in [-0.3, -0.25) is 9.59 Å². The SMILES string of the molecule is CCNC(=O)CCNC(=O)CCN. The first-order valence-corrected chi connectivity index (χ1v) is 4.44. The first kappa shape index (κ1) is 11.9. The van der Waals surface area contributed by atoms with E-state index in [1.807, 2.05) is 6.92 Å². The molecule has 0 bridgehead atoms. The maximum Gasteiger partial charge on any atom is 0.221 e.